The van der Waals surface area contributed by atoms with Crippen LogP contribution < -0.4 is 4.74 Å². The maximum absolute atomic E-state index is 6.26. The molecule has 3 fully saturated rings. The van der Waals surface area contributed by atoms with E-state index in [9.17, 15) is 0 Å². The van der Waals surface area contributed by atoms with Crippen molar-refractivity contribution in [3.05, 3.63) is 23.9 Å². The Morgan fingerprint density at radius 1 is 1.53 bits per heavy atom. The summed E-state index contributed by atoms with van der Waals surface area (Å²) < 4.78 is 6.26. The number of hydrogen-bond acceptors (Lipinski definition) is 3. The van der Waals surface area contributed by atoms with Gasteiger partial charge in [-0.3, -0.25) is 4.90 Å². The smallest absolute Gasteiger partial charge is 0.217 e. The zero-order valence-electron chi connectivity index (χ0n) is 9.60. The van der Waals surface area contributed by atoms with Crippen molar-refractivity contribution >= 4 is 15.9 Å². The first-order chi connectivity index (χ1) is 8.27. The summed E-state index contributed by atoms with van der Waals surface area (Å²) in [6.45, 7) is 3.46. The van der Waals surface area contributed by atoms with Crippen LogP contribution in [-0.4, -0.2) is 39.9 Å². The zero-order chi connectivity index (χ0) is 11.5. The molecule has 4 unspecified atom stereocenters. The number of halogens is 1. The van der Waals surface area contributed by atoms with Crippen LogP contribution in [-0.2, 0) is 6.42 Å². The van der Waals surface area contributed by atoms with E-state index in [1.807, 2.05) is 12.3 Å². The molecule has 1 aromatic rings. The number of rotatable bonds is 0. The van der Waals surface area contributed by atoms with Crippen molar-refractivity contribution in [3.63, 3.8) is 0 Å². The van der Waals surface area contributed by atoms with Crippen LogP contribution in [0.3, 0.4) is 0 Å². The Balaban J connectivity index is 1.72. The van der Waals surface area contributed by atoms with E-state index in [0.717, 1.165) is 18.8 Å². The third-order valence-corrected chi connectivity index (χ3v) is 5.36. The third kappa shape index (κ3) is 1.40. The van der Waals surface area contributed by atoms with E-state index in [0.29, 0.717) is 10.7 Å². The number of aromatic nitrogens is 1. The van der Waals surface area contributed by atoms with Crippen LogP contribution in [0.25, 0.3) is 0 Å². The molecule has 0 aromatic carbocycles. The summed E-state index contributed by atoms with van der Waals surface area (Å²) in [6, 6.07) is 4.16. The first kappa shape index (κ1) is 10.3. The SMILES string of the molecule is BrC1CN2CCC1C1(Cc3cccnc3O1)C2. The van der Waals surface area contributed by atoms with E-state index in [4.69, 9.17) is 4.74 Å². The van der Waals surface area contributed by atoms with E-state index in [1.54, 1.807) is 0 Å². The quantitative estimate of drug-likeness (QED) is 0.683. The van der Waals surface area contributed by atoms with Gasteiger partial charge in [0, 0.05) is 42.0 Å². The first-order valence-electron chi connectivity index (χ1n) is 6.26. The Morgan fingerprint density at radius 2 is 2.47 bits per heavy atom. The van der Waals surface area contributed by atoms with Crippen LogP contribution in [0.15, 0.2) is 18.3 Å². The van der Waals surface area contributed by atoms with Crippen LogP contribution in [0.4, 0.5) is 0 Å². The van der Waals surface area contributed by atoms with E-state index in [2.05, 4.69) is 31.9 Å². The van der Waals surface area contributed by atoms with E-state index in [-0.39, 0.29) is 5.60 Å². The van der Waals surface area contributed by atoms with Gasteiger partial charge in [0.2, 0.25) is 5.88 Å². The largest absolute Gasteiger partial charge is 0.469 e. The second-order valence-electron chi connectivity index (χ2n) is 5.46. The molecule has 3 nitrogen and oxygen atoms in total. The van der Waals surface area contributed by atoms with Gasteiger partial charge in [0.05, 0.1) is 0 Å². The van der Waals surface area contributed by atoms with Crippen LogP contribution in [0.1, 0.15) is 12.0 Å². The van der Waals surface area contributed by atoms with Crippen molar-refractivity contribution in [1.29, 1.82) is 0 Å². The third-order valence-electron chi connectivity index (χ3n) is 4.43. The molecule has 17 heavy (non-hydrogen) atoms. The second kappa shape index (κ2) is 3.45. The van der Waals surface area contributed by atoms with Gasteiger partial charge in [-0.25, -0.2) is 4.98 Å². The molecular formula is C13H15BrN2O. The van der Waals surface area contributed by atoms with Gasteiger partial charge in [0.15, 0.2) is 0 Å². The Labute approximate surface area is 109 Å². The molecule has 4 heteroatoms. The lowest BCUT2D eigenvalue weighted by Crippen LogP contribution is -2.65. The van der Waals surface area contributed by atoms with Crippen LogP contribution in [0, 0.1) is 5.92 Å². The normalized spacial score (nSPS) is 42.5. The van der Waals surface area contributed by atoms with E-state index in [1.165, 1.54) is 25.1 Å². The molecule has 5 heterocycles. The van der Waals surface area contributed by atoms with E-state index >= 15 is 0 Å². The minimum absolute atomic E-state index is 0.0125. The second-order valence-corrected chi connectivity index (χ2v) is 6.63. The summed E-state index contributed by atoms with van der Waals surface area (Å²) in [5, 5.41) is 0. The predicted molar refractivity (Wildman–Crippen MR) is 68.6 cm³/mol. The van der Waals surface area contributed by atoms with Gasteiger partial charge in [-0.05, 0) is 19.0 Å². The molecule has 0 radical (unpaired) electrons. The van der Waals surface area contributed by atoms with Crippen molar-refractivity contribution in [2.75, 3.05) is 19.6 Å². The summed E-state index contributed by atoms with van der Waals surface area (Å²) in [7, 11) is 0. The fourth-order valence-corrected chi connectivity index (χ4v) is 4.85. The van der Waals surface area contributed by atoms with Gasteiger partial charge in [0.25, 0.3) is 0 Å². The number of pyridine rings is 1. The molecule has 4 aliphatic rings. The minimum atomic E-state index is -0.0125. The summed E-state index contributed by atoms with van der Waals surface area (Å²) in [5.74, 6) is 1.49. The maximum atomic E-state index is 6.26. The van der Waals surface area contributed by atoms with Crippen molar-refractivity contribution < 1.29 is 4.74 Å². The lowest BCUT2D eigenvalue weighted by molar-refractivity contribution is -0.0761. The van der Waals surface area contributed by atoms with Crippen molar-refractivity contribution in [3.8, 4) is 5.88 Å². The molecule has 0 aliphatic carbocycles. The summed E-state index contributed by atoms with van der Waals surface area (Å²) >= 11 is 3.83. The fourth-order valence-electron chi connectivity index (χ4n) is 3.70. The number of alkyl halides is 1. The highest BCUT2D eigenvalue weighted by atomic mass is 79.9. The molecular weight excluding hydrogens is 280 g/mol. The summed E-state index contributed by atoms with van der Waals surface area (Å²) in [5.41, 5.74) is 1.27. The Morgan fingerprint density at radius 3 is 3.24 bits per heavy atom. The minimum Gasteiger partial charge on any atom is -0.469 e. The lowest BCUT2D eigenvalue weighted by Gasteiger charge is -2.52. The summed E-state index contributed by atoms with van der Waals surface area (Å²) in [6.07, 6.45) is 4.09. The zero-order valence-corrected chi connectivity index (χ0v) is 11.2. The number of piperidine rings is 3. The van der Waals surface area contributed by atoms with Crippen LogP contribution in [0.2, 0.25) is 0 Å². The molecule has 0 N–H and O–H groups in total. The van der Waals surface area contributed by atoms with Crippen LogP contribution in [0.5, 0.6) is 5.88 Å². The van der Waals surface area contributed by atoms with Gasteiger partial charge < -0.3 is 4.74 Å². The summed E-state index contributed by atoms with van der Waals surface area (Å²) in [4.78, 5) is 7.45. The average Bonchev–Trinajstić information content (AvgIpc) is 2.66. The molecule has 3 saturated heterocycles. The molecule has 0 amide bonds. The standard InChI is InChI=1S/C13H15BrN2O/c14-11-7-16-5-3-10(11)13(8-16)6-9-2-1-4-15-12(9)17-13/h1-2,4,10-11H,3,5-8H2. The highest BCUT2D eigenvalue weighted by Crippen LogP contribution is 2.47. The Hall–Kier alpha value is -0.610. The molecule has 4 atom stereocenters. The highest BCUT2D eigenvalue weighted by molar-refractivity contribution is 9.09. The van der Waals surface area contributed by atoms with Gasteiger partial charge >= 0.3 is 0 Å². The molecule has 5 rings (SSSR count). The molecule has 0 saturated carbocycles. The number of ether oxygens (including phenoxy) is 1. The fraction of sp³-hybridized carbons (Fsp3) is 0.615. The highest BCUT2D eigenvalue weighted by Gasteiger charge is 2.55. The average molecular weight is 295 g/mol. The Kier molecular flexibility index (Phi) is 2.10. The maximum Gasteiger partial charge on any atom is 0.217 e. The van der Waals surface area contributed by atoms with Crippen molar-refractivity contribution in [2.45, 2.75) is 23.3 Å². The van der Waals surface area contributed by atoms with E-state index < -0.39 is 0 Å². The number of fused-ring (bicyclic) bond motifs is 3. The lowest BCUT2D eigenvalue weighted by atomic mass is 9.73. The van der Waals surface area contributed by atoms with Gasteiger partial charge in [-0.1, -0.05) is 22.0 Å². The molecule has 1 spiro atoms. The monoisotopic (exact) mass is 294 g/mol. The molecule has 2 bridgehead atoms. The number of nitrogens with zero attached hydrogens (tertiary/aromatic N) is 2. The first-order valence-corrected chi connectivity index (χ1v) is 7.18. The number of hydrogen-bond donors (Lipinski definition) is 0. The van der Waals surface area contributed by atoms with Gasteiger partial charge in [-0.15, -0.1) is 0 Å². The molecule has 4 aliphatic heterocycles. The van der Waals surface area contributed by atoms with Crippen molar-refractivity contribution in [1.82, 2.24) is 9.88 Å². The molecule has 90 valence electrons. The van der Waals surface area contributed by atoms with Gasteiger partial charge in [-0.2, -0.15) is 0 Å². The Bertz CT molecular complexity index is 439. The van der Waals surface area contributed by atoms with Crippen molar-refractivity contribution in [2.24, 2.45) is 5.92 Å². The topological polar surface area (TPSA) is 25.4 Å². The predicted octanol–water partition coefficient (Wildman–Crippen LogP) is 1.85. The molecule has 1 aromatic heterocycles. The van der Waals surface area contributed by atoms with Crippen LogP contribution >= 0.6 is 15.9 Å². The van der Waals surface area contributed by atoms with Gasteiger partial charge in [0.1, 0.15) is 5.60 Å².